The summed E-state index contributed by atoms with van der Waals surface area (Å²) in [4.78, 5) is 11.3. The van der Waals surface area contributed by atoms with Gasteiger partial charge in [-0.2, -0.15) is 0 Å². The van der Waals surface area contributed by atoms with E-state index in [-0.39, 0.29) is 5.97 Å². The fourth-order valence-corrected chi connectivity index (χ4v) is 5.33. The van der Waals surface area contributed by atoms with E-state index in [1.165, 1.54) is 44.9 Å². The molecule has 0 aromatic rings. The van der Waals surface area contributed by atoms with E-state index in [1.807, 2.05) is 0 Å². The number of carbonyl (C=O) groups is 1. The molecule has 106 valence electrons. The number of rotatable bonds is 5. The smallest absolute Gasteiger partial charge is 0.333 e. The lowest BCUT2D eigenvalue weighted by Crippen LogP contribution is -2.46. The predicted molar refractivity (Wildman–Crippen MR) is 75.6 cm³/mol. The molecule has 4 aliphatic rings. The van der Waals surface area contributed by atoms with Crippen molar-refractivity contribution >= 4 is 5.97 Å². The largest absolute Gasteiger partial charge is 0.462 e. The summed E-state index contributed by atoms with van der Waals surface area (Å²) in [7, 11) is 0. The number of ether oxygens (including phenoxy) is 1. The van der Waals surface area contributed by atoms with Crippen LogP contribution in [0.3, 0.4) is 0 Å². The average Bonchev–Trinajstić information content (AvgIpc) is 2.32. The summed E-state index contributed by atoms with van der Waals surface area (Å²) < 4.78 is 5.23. The van der Waals surface area contributed by atoms with Crippen molar-refractivity contribution in [1.82, 2.24) is 0 Å². The van der Waals surface area contributed by atoms with Crippen LogP contribution in [0.4, 0.5) is 0 Å². The lowest BCUT2D eigenvalue weighted by Gasteiger charge is -2.57. The molecule has 0 atom stereocenters. The third-order valence-corrected chi connectivity index (χ3v) is 5.60. The van der Waals surface area contributed by atoms with Gasteiger partial charge in [0.25, 0.3) is 0 Å². The maximum atomic E-state index is 11.3. The third-order valence-electron chi connectivity index (χ3n) is 5.60. The maximum absolute atomic E-state index is 11.3. The van der Waals surface area contributed by atoms with E-state index in [0.29, 0.717) is 17.6 Å². The maximum Gasteiger partial charge on any atom is 0.333 e. The van der Waals surface area contributed by atoms with Crippen LogP contribution >= 0.6 is 0 Å². The van der Waals surface area contributed by atoms with Gasteiger partial charge in [-0.05, 0) is 81.5 Å². The Kier molecular flexibility index (Phi) is 3.44. The fraction of sp³-hybridized carbons (Fsp3) is 0.824. The first-order valence-corrected chi connectivity index (χ1v) is 7.89. The molecule has 0 N–H and O–H groups in total. The van der Waals surface area contributed by atoms with Gasteiger partial charge in [-0.1, -0.05) is 6.58 Å². The van der Waals surface area contributed by atoms with Gasteiger partial charge in [0.2, 0.25) is 0 Å². The van der Waals surface area contributed by atoms with Crippen molar-refractivity contribution in [3.05, 3.63) is 12.2 Å². The molecule has 0 radical (unpaired) electrons. The lowest BCUT2D eigenvalue weighted by molar-refractivity contribution is -0.139. The second-order valence-corrected chi connectivity index (χ2v) is 7.44. The van der Waals surface area contributed by atoms with Gasteiger partial charge in [0.1, 0.15) is 0 Å². The van der Waals surface area contributed by atoms with Crippen molar-refractivity contribution in [1.29, 1.82) is 0 Å². The third kappa shape index (κ3) is 2.73. The van der Waals surface area contributed by atoms with E-state index in [4.69, 9.17) is 4.74 Å². The molecule has 0 aliphatic heterocycles. The van der Waals surface area contributed by atoms with Crippen LogP contribution in [-0.4, -0.2) is 12.6 Å². The number of esters is 1. The molecular formula is C17H26O2. The Bertz CT molecular complexity index is 347. The number of hydrogen-bond acceptors (Lipinski definition) is 2. The number of hydrogen-bond donors (Lipinski definition) is 0. The van der Waals surface area contributed by atoms with Crippen molar-refractivity contribution in [3.8, 4) is 0 Å². The van der Waals surface area contributed by atoms with Crippen LogP contribution in [0.1, 0.15) is 58.3 Å². The Hall–Kier alpha value is -0.790. The minimum atomic E-state index is -0.231. The van der Waals surface area contributed by atoms with Crippen molar-refractivity contribution in [2.24, 2.45) is 23.2 Å². The Morgan fingerprint density at radius 1 is 1.16 bits per heavy atom. The van der Waals surface area contributed by atoms with Gasteiger partial charge in [0.15, 0.2) is 0 Å². The second-order valence-electron chi connectivity index (χ2n) is 7.44. The van der Waals surface area contributed by atoms with E-state index in [1.54, 1.807) is 6.92 Å². The SMILES string of the molecule is C=C(C)C(=O)OCCCC12CC3CC(CC(C3)C1)C2. The zero-order valence-electron chi connectivity index (χ0n) is 12.1. The minimum absolute atomic E-state index is 0.231. The zero-order valence-corrected chi connectivity index (χ0v) is 12.1. The Balaban J connectivity index is 1.48. The van der Waals surface area contributed by atoms with E-state index in [0.717, 1.165) is 24.2 Å². The number of carbonyl (C=O) groups excluding carboxylic acids is 1. The van der Waals surface area contributed by atoms with E-state index in [9.17, 15) is 4.79 Å². The van der Waals surface area contributed by atoms with Crippen LogP contribution in [-0.2, 0) is 9.53 Å². The fourth-order valence-electron chi connectivity index (χ4n) is 5.33. The van der Waals surface area contributed by atoms with Gasteiger partial charge in [0.05, 0.1) is 6.61 Å². The Morgan fingerprint density at radius 3 is 2.16 bits per heavy atom. The molecule has 0 aromatic heterocycles. The summed E-state index contributed by atoms with van der Waals surface area (Å²) in [6, 6.07) is 0. The van der Waals surface area contributed by atoms with Crippen LogP contribution in [0.15, 0.2) is 12.2 Å². The molecule has 0 aromatic carbocycles. The summed E-state index contributed by atoms with van der Waals surface area (Å²) in [6.07, 6.45) is 11.2. The highest BCUT2D eigenvalue weighted by Gasteiger charge is 2.50. The molecule has 0 heterocycles. The molecule has 0 unspecified atom stereocenters. The molecule has 2 heteroatoms. The highest BCUT2D eigenvalue weighted by molar-refractivity contribution is 5.86. The standard InChI is InChI=1S/C17H26O2/c1-12(2)16(18)19-5-3-4-17-9-13-6-14(10-17)8-15(7-13)11-17/h13-15H,1,3-11H2,2H3. The molecule has 4 rings (SSSR count). The Morgan fingerprint density at radius 2 is 1.68 bits per heavy atom. The van der Waals surface area contributed by atoms with Gasteiger partial charge in [-0.3, -0.25) is 0 Å². The van der Waals surface area contributed by atoms with Gasteiger partial charge in [-0.25, -0.2) is 4.79 Å². The summed E-state index contributed by atoms with van der Waals surface area (Å²) in [5, 5.41) is 0. The highest BCUT2D eigenvalue weighted by atomic mass is 16.5. The van der Waals surface area contributed by atoms with Crippen LogP contribution < -0.4 is 0 Å². The van der Waals surface area contributed by atoms with Crippen molar-refractivity contribution in [2.75, 3.05) is 6.61 Å². The lowest BCUT2D eigenvalue weighted by atomic mass is 9.48. The summed E-state index contributed by atoms with van der Waals surface area (Å²) >= 11 is 0. The molecule has 0 spiro atoms. The van der Waals surface area contributed by atoms with Crippen molar-refractivity contribution in [3.63, 3.8) is 0 Å². The van der Waals surface area contributed by atoms with Crippen LogP contribution in [0.25, 0.3) is 0 Å². The molecule has 4 saturated carbocycles. The normalized spacial score (nSPS) is 39.3. The second kappa shape index (κ2) is 4.96. The predicted octanol–water partition coefficient (Wildman–Crippen LogP) is 4.10. The molecule has 0 amide bonds. The first-order valence-electron chi connectivity index (χ1n) is 7.89. The summed E-state index contributed by atoms with van der Waals surface area (Å²) in [5.41, 5.74) is 1.12. The summed E-state index contributed by atoms with van der Waals surface area (Å²) in [5.74, 6) is 2.82. The highest BCUT2D eigenvalue weighted by Crippen LogP contribution is 2.61. The van der Waals surface area contributed by atoms with E-state index in [2.05, 4.69) is 6.58 Å². The molecule has 19 heavy (non-hydrogen) atoms. The van der Waals surface area contributed by atoms with Crippen LogP contribution in [0, 0.1) is 23.2 Å². The first-order chi connectivity index (χ1) is 9.06. The van der Waals surface area contributed by atoms with Gasteiger partial charge < -0.3 is 4.74 Å². The quantitative estimate of drug-likeness (QED) is 0.423. The van der Waals surface area contributed by atoms with E-state index >= 15 is 0 Å². The minimum Gasteiger partial charge on any atom is -0.462 e. The van der Waals surface area contributed by atoms with Crippen LogP contribution in [0.5, 0.6) is 0 Å². The molecule has 0 saturated heterocycles. The van der Waals surface area contributed by atoms with Gasteiger partial charge in [0, 0.05) is 5.57 Å². The summed E-state index contributed by atoms with van der Waals surface area (Å²) in [6.45, 7) is 5.90. The van der Waals surface area contributed by atoms with Crippen molar-refractivity contribution < 1.29 is 9.53 Å². The van der Waals surface area contributed by atoms with E-state index < -0.39 is 0 Å². The van der Waals surface area contributed by atoms with Crippen molar-refractivity contribution in [2.45, 2.75) is 58.3 Å². The zero-order chi connectivity index (χ0) is 13.5. The topological polar surface area (TPSA) is 26.3 Å². The first kappa shape index (κ1) is 13.2. The molecule has 2 nitrogen and oxygen atoms in total. The molecule has 4 fully saturated rings. The Labute approximate surface area is 116 Å². The monoisotopic (exact) mass is 262 g/mol. The average molecular weight is 262 g/mol. The molecule has 4 aliphatic carbocycles. The molecular weight excluding hydrogens is 236 g/mol. The molecule has 4 bridgehead atoms. The van der Waals surface area contributed by atoms with Gasteiger partial charge in [-0.15, -0.1) is 0 Å². The van der Waals surface area contributed by atoms with Crippen LogP contribution in [0.2, 0.25) is 0 Å². The van der Waals surface area contributed by atoms with Gasteiger partial charge >= 0.3 is 5.97 Å².